The Morgan fingerprint density at radius 1 is 1.38 bits per heavy atom. The third-order valence-electron chi connectivity index (χ3n) is 3.71. The highest BCUT2D eigenvalue weighted by Crippen LogP contribution is 2.32. The van der Waals surface area contributed by atoms with Crippen LogP contribution >= 0.6 is 15.9 Å². The van der Waals surface area contributed by atoms with Gasteiger partial charge in [0.15, 0.2) is 0 Å². The van der Waals surface area contributed by atoms with E-state index in [1.807, 2.05) is 12.5 Å². The van der Waals surface area contributed by atoms with E-state index in [-0.39, 0.29) is 0 Å². The molecular weight excluding hydrogens is 330 g/mol. The van der Waals surface area contributed by atoms with E-state index in [2.05, 4.69) is 49.9 Å². The molecule has 1 aliphatic rings. The van der Waals surface area contributed by atoms with Crippen molar-refractivity contribution in [3.63, 3.8) is 0 Å². The lowest BCUT2D eigenvalue weighted by atomic mass is 10.1. The number of aromatic nitrogens is 2. The molecule has 3 rings (SSSR count). The summed E-state index contributed by atoms with van der Waals surface area (Å²) in [6, 6.07) is 4.29. The number of rotatable bonds is 6. The molecule has 0 bridgehead atoms. The molecule has 0 unspecified atom stereocenters. The minimum atomic E-state index is 0.794. The fourth-order valence-corrected chi connectivity index (χ4v) is 3.29. The highest BCUT2D eigenvalue weighted by Gasteiger charge is 2.17. The fraction of sp³-hybridized carbons (Fsp3) is 0.438. The van der Waals surface area contributed by atoms with Crippen LogP contribution < -0.4 is 10.1 Å². The van der Waals surface area contributed by atoms with Gasteiger partial charge in [-0.15, -0.1) is 0 Å². The SMILES string of the molecule is CCCn1cncc1CNCc1cc(Br)cc2c1OCC2. The smallest absolute Gasteiger partial charge is 0.127 e. The number of nitrogens with one attached hydrogen (secondary N) is 1. The summed E-state index contributed by atoms with van der Waals surface area (Å²) in [4.78, 5) is 4.23. The zero-order valence-corrected chi connectivity index (χ0v) is 13.8. The zero-order valence-electron chi connectivity index (χ0n) is 12.2. The highest BCUT2D eigenvalue weighted by molar-refractivity contribution is 9.10. The van der Waals surface area contributed by atoms with Crippen LogP contribution in [0.15, 0.2) is 29.1 Å². The minimum Gasteiger partial charge on any atom is -0.493 e. The van der Waals surface area contributed by atoms with Crippen molar-refractivity contribution in [2.75, 3.05) is 6.61 Å². The second-order valence-electron chi connectivity index (χ2n) is 5.33. The van der Waals surface area contributed by atoms with Crippen molar-refractivity contribution in [2.24, 2.45) is 0 Å². The molecule has 2 aromatic rings. The molecule has 2 heterocycles. The summed E-state index contributed by atoms with van der Waals surface area (Å²) in [5.74, 6) is 1.06. The van der Waals surface area contributed by atoms with Crippen LogP contribution in [-0.2, 0) is 26.1 Å². The number of halogens is 1. The zero-order chi connectivity index (χ0) is 14.7. The lowest BCUT2D eigenvalue weighted by molar-refractivity contribution is 0.352. The first-order valence-electron chi connectivity index (χ1n) is 7.41. The number of imidazole rings is 1. The first-order valence-corrected chi connectivity index (χ1v) is 8.21. The summed E-state index contributed by atoms with van der Waals surface area (Å²) in [7, 11) is 0. The van der Waals surface area contributed by atoms with Crippen molar-refractivity contribution < 1.29 is 4.74 Å². The van der Waals surface area contributed by atoms with Gasteiger partial charge in [-0.1, -0.05) is 22.9 Å². The van der Waals surface area contributed by atoms with Gasteiger partial charge < -0.3 is 14.6 Å². The van der Waals surface area contributed by atoms with Gasteiger partial charge in [0.05, 0.1) is 18.6 Å². The van der Waals surface area contributed by atoms with Gasteiger partial charge >= 0.3 is 0 Å². The van der Waals surface area contributed by atoms with Crippen molar-refractivity contribution >= 4 is 15.9 Å². The van der Waals surface area contributed by atoms with E-state index < -0.39 is 0 Å². The Hall–Kier alpha value is -1.33. The first kappa shape index (κ1) is 14.6. The molecular formula is C16H20BrN3O. The van der Waals surface area contributed by atoms with Gasteiger partial charge in [0.2, 0.25) is 0 Å². The number of benzene rings is 1. The van der Waals surface area contributed by atoms with Crippen LogP contribution in [0, 0.1) is 0 Å². The van der Waals surface area contributed by atoms with E-state index in [1.54, 1.807) is 0 Å². The summed E-state index contributed by atoms with van der Waals surface area (Å²) in [5, 5.41) is 3.50. The molecule has 0 saturated heterocycles. The maximum Gasteiger partial charge on any atom is 0.127 e. The van der Waals surface area contributed by atoms with E-state index in [0.717, 1.165) is 49.3 Å². The van der Waals surface area contributed by atoms with Crippen molar-refractivity contribution in [2.45, 2.75) is 39.4 Å². The van der Waals surface area contributed by atoms with Crippen LogP contribution in [0.25, 0.3) is 0 Å². The lowest BCUT2D eigenvalue weighted by Gasteiger charge is -2.11. The summed E-state index contributed by atoms with van der Waals surface area (Å²) < 4.78 is 9.08. The molecule has 1 N–H and O–H groups in total. The van der Waals surface area contributed by atoms with E-state index in [1.165, 1.54) is 16.8 Å². The maximum atomic E-state index is 5.76. The van der Waals surface area contributed by atoms with Gasteiger partial charge in [0.1, 0.15) is 5.75 Å². The summed E-state index contributed by atoms with van der Waals surface area (Å²) in [5.41, 5.74) is 3.75. The van der Waals surface area contributed by atoms with Gasteiger partial charge in [-0.25, -0.2) is 4.98 Å². The quantitative estimate of drug-likeness (QED) is 0.869. The van der Waals surface area contributed by atoms with Gasteiger partial charge in [0, 0.05) is 42.3 Å². The average Bonchev–Trinajstić information content (AvgIpc) is 3.08. The van der Waals surface area contributed by atoms with E-state index in [9.17, 15) is 0 Å². The van der Waals surface area contributed by atoms with Gasteiger partial charge in [-0.05, 0) is 24.1 Å². The topological polar surface area (TPSA) is 39.1 Å². The molecule has 0 saturated carbocycles. The van der Waals surface area contributed by atoms with Crippen molar-refractivity contribution in [1.29, 1.82) is 0 Å². The molecule has 5 heteroatoms. The summed E-state index contributed by atoms with van der Waals surface area (Å²) in [6.07, 6.45) is 5.96. The fourth-order valence-electron chi connectivity index (χ4n) is 2.74. The largest absolute Gasteiger partial charge is 0.493 e. The number of nitrogens with zero attached hydrogens (tertiary/aromatic N) is 2. The Bertz CT molecular complexity index is 624. The molecule has 0 radical (unpaired) electrons. The maximum absolute atomic E-state index is 5.76. The van der Waals surface area contributed by atoms with Crippen LogP contribution in [0.2, 0.25) is 0 Å². The van der Waals surface area contributed by atoms with E-state index in [0.29, 0.717) is 0 Å². The highest BCUT2D eigenvalue weighted by atomic mass is 79.9. The van der Waals surface area contributed by atoms with Gasteiger partial charge in [0.25, 0.3) is 0 Å². The molecule has 1 aliphatic heterocycles. The van der Waals surface area contributed by atoms with Crippen molar-refractivity contribution in [1.82, 2.24) is 14.9 Å². The Morgan fingerprint density at radius 3 is 3.14 bits per heavy atom. The third kappa shape index (κ3) is 3.30. The Morgan fingerprint density at radius 2 is 2.29 bits per heavy atom. The molecule has 0 amide bonds. The van der Waals surface area contributed by atoms with Crippen LogP contribution in [0.4, 0.5) is 0 Å². The Labute approximate surface area is 133 Å². The first-order chi connectivity index (χ1) is 10.3. The van der Waals surface area contributed by atoms with E-state index in [4.69, 9.17) is 4.74 Å². The van der Waals surface area contributed by atoms with Gasteiger partial charge in [-0.3, -0.25) is 0 Å². The summed E-state index contributed by atoms with van der Waals surface area (Å²) >= 11 is 3.58. The van der Waals surface area contributed by atoms with Crippen LogP contribution in [0.3, 0.4) is 0 Å². The summed E-state index contributed by atoms with van der Waals surface area (Å²) in [6.45, 7) is 5.62. The monoisotopic (exact) mass is 349 g/mol. The van der Waals surface area contributed by atoms with Crippen molar-refractivity contribution in [3.8, 4) is 5.75 Å². The molecule has 0 aliphatic carbocycles. The molecule has 4 nitrogen and oxygen atoms in total. The minimum absolute atomic E-state index is 0.794. The average molecular weight is 350 g/mol. The molecule has 0 fully saturated rings. The van der Waals surface area contributed by atoms with Crippen LogP contribution in [0.5, 0.6) is 5.75 Å². The van der Waals surface area contributed by atoms with Crippen molar-refractivity contribution in [3.05, 3.63) is 46.0 Å². The number of ether oxygens (including phenoxy) is 1. The predicted molar refractivity (Wildman–Crippen MR) is 86.4 cm³/mol. The lowest BCUT2D eigenvalue weighted by Crippen LogP contribution is -2.16. The third-order valence-corrected chi connectivity index (χ3v) is 4.17. The predicted octanol–water partition coefficient (Wildman–Crippen LogP) is 3.28. The molecule has 1 aromatic heterocycles. The standard InChI is InChI=1S/C16H20BrN3O/c1-2-4-20-11-19-10-15(20)9-18-8-13-7-14(17)6-12-3-5-21-16(12)13/h6-7,10-11,18H,2-5,8-9H2,1H3. The Balaban J connectivity index is 1.64. The second-order valence-corrected chi connectivity index (χ2v) is 6.25. The van der Waals surface area contributed by atoms with Gasteiger partial charge in [-0.2, -0.15) is 0 Å². The molecule has 21 heavy (non-hydrogen) atoms. The Kier molecular flexibility index (Phi) is 4.60. The molecule has 0 atom stereocenters. The normalized spacial score (nSPS) is 13.2. The van der Waals surface area contributed by atoms with Crippen LogP contribution in [0.1, 0.15) is 30.2 Å². The number of hydrogen-bond acceptors (Lipinski definition) is 3. The molecule has 1 aromatic carbocycles. The van der Waals surface area contributed by atoms with Crippen LogP contribution in [-0.4, -0.2) is 16.2 Å². The number of fused-ring (bicyclic) bond motifs is 1. The molecule has 112 valence electrons. The van der Waals surface area contributed by atoms with E-state index >= 15 is 0 Å². The second kappa shape index (κ2) is 6.62. The molecule has 0 spiro atoms. The number of hydrogen-bond donors (Lipinski definition) is 1. The number of aryl methyl sites for hydroxylation is 1.